The minimum atomic E-state index is -0.385. The molecule has 0 aliphatic heterocycles. The fourth-order valence-corrected chi connectivity index (χ4v) is 2.15. The number of carbonyl (C=O) groups is 2. The third kappa shape index (κ3) is 5.10. The fourth-order valence-electron chi connectivity index (χ4n) is 2.15. The van der Waals surface area contributed by atoms with Gasteiger partial charge in [0.2, 0.25) is 0 Å². The van der Waals surface area contributed by atoms with Crippen molar-refractivity contribution in [3.63, 3.8) is 0 Å². The van der Waals surface area contributed by atoms with Gasteiger partial charge in [-0.3, -0.25) is 20.3 Å². The first kappa shape index (κ1) is 18.1. The Morgan fingerprint density at radius 1 is 1.12 bits per heavy atom. The number of hydrogen-bond donors (Lipinski definition) is 4. The number of aldehydes is 1. The minimum absolute atomic E-state index is 0.108. The van der Waals surface area contributed by atoms with Crippen LogP contribution in [0.25, 0.3) is 5.57 Å². The van der Waals surface area contributed by atoms with Gasteiger partial charge in [0.05, 0.1) is 5.70 Å². The van der Waals surface area contributed by atoms with Crippen LogP contribution in [-0.4, -0.2) is 23.8 Å². The Balaban J connectivity index is 2.15. The number of nitrogens with zero attached hydrogens (tertiary/aromatic N) is 1. The Labute approximate surface area is 145 Å². The number of quaternary nitrogens is 1. The van der Waals surface area contributed by atoms with Gasteiger partial charge in [-0.25, -0.2) is 0 Å². The van der Waals surface area contributed by atoms with Crippen molar-refractivity contribution >= 4 is 23.5 Å². The zero-order chi connectivity index (χ0) is 18.1. The molecule has 0 aliphatic carbocycles. The van der Waals surface area contributed by atoms with Crippen molar-refractivity contribution < 1.29 is 14.9 Å². The highest BCUT2D eigenvalue weighted by atomic mass is 16.2. The molecule has 0 saturated carbocycles. The highest BCUT2D eigenvalue weighted by Gasteiger charge is 2.09. The lowest BCUT2D eigenvalue weighted by atomic mass is 10.1. The number of aromatic nitrogens is 1. The number of pyridine rings is 1. The van der Waals surface area contributed by atoms with E-state index in [0.29, 0.717) is 24.1 Å². The van der Waals surface area contributed by atoms with E-state index >= 15 is 0 Å². The van der Waals surface area contributed by atoms with E-state index < -0.39 is 0 Å². The molecule has 7 nitrogen and oxygen atoms in total. The SMILES string of the molecule is NC=C(C=C(C=O)NC(=O)c1ccc([NH2+]CN)cc1)c1ccncc1. The van der Waals surface area contributed by atoms with E-state index in [1.54, 1.807) is 48.8 Å². The Kier molecular flexibility index (Phi) is 6.58. The molecule has 1 heterocycles. The second kappa shape index (κ2) is 9.11. The summed E-state index contributed by atoms with van der Waals surface area (Å²) in [5, 5.41) is 4.41. The highest BCUT2D eigenvalue weighted by Crippen LogP contribution is 2.14. The largest absolute Gasteiger partial charge is 0.404 e. The predicted octanol–water partition coefficient (Wildman–Crippen LogP) is 0.00510. The first-order valence-electron chi connectivity index (χ1n) is 7.61. The van der Waals surface area contributed by atoms with Crippen LogP contribution in [0, 0.1) is 0 Å². The van der Waals surface area contributed by atoms with Gasteiger partial charge in [-0.1, -0.05) is 0 Å². The summed E-state index contributed by atoms with van der Waals surface area (Å²) in [7, 11) is 0. The average Bonchev–Trinajstić information content (AvgIpc) is 2.66. The quantitative estimate of drug-likeness (QED) is 0.186. The number of amides is 1. The molecule has 0 bridgehead atoms. The molecule has 0 unspecified atom stereocenters. The summed E-state index contributed by atoms with van der Waals surface area (Å²) in [6.07, 6.45) is 6.68. The third-order valence-corrected chi connectivity index (χ3v) is 3.42. The molecule has 2 rings (SSSR count). The lowest BCUT2D eigenvalue weighted by Gasteiger charge is -2.07. The van der Waals surface area contributed by atoms with Crippen molar-refractivity contribution in [3.05, 3.63) is 77.9 Å². The standard InChI is InChI=1S/C18H19N5O2/c19-10-15(13-5-7-21-8-6-13)9-17(11-24)23-18(25)14-1-3-16(4-2-14)22-12-20/h1-11,22H,12,19-20H2,(H,23,25)/p+1. The summed E-state index contributed by atoms with van der Waals surface area (Å²) in [4.78, 5) is 27.5. The summed E-state index contributed by atoms with van der Waals surface area (Å²) < 4.78 is 0. The van der Waals surface area contributed by atoms with Gasteiger partial charge < -0.3 is 16.4 Å². The normalized spacial score (nSPS) is 11.9. The van der Waals surface area contributed by atoms with Gasteiger partial charge in [-0.15, -0.1) is 0 Å². The van der Waals surface area contributed by atoms with Crippen molar-refractivity contribution in [1.29, 1.82) is 0 Å². The van der Waals surface area contributed by atoms with Gasteiger partial charge in [0.25, 0.3) is 5.91 Å². The number of benzene rings is 1. The second-order valence-corrected chi connectivity index (χ2v) is 5.09. The first-order chi connectivity index (χ1) is 12.2. The van der Waals surface area contributed by atoms with Crippen molar-refractivity contribution in [3.8, 4) is 0 Å². The topological polar surface area (TPSA) is 128 Å². The van der Waals surface area contributed by atoms with Crippen LogP contribution in [0.2, 0.25) is 0 Å². The fraction of sp³-hybridized carbons (Fsp3) is 0.0556. The number of allylic oxidation sites excluding steroid dienone is 3. The van der Waals surface area contributed by atoms with E-state index in [4.69, 9.17) is 11.5 Å². The molecule has 7 N–H and O–H groups in total. The Bertz CT molecular complexity index is 783. The molecule has 1 amide bonds. The zero-order valence-electron chi connectivity index (χ0n) is 13.6. The minimum Gasteiger partial charge on any atom is -0.404 e. The lowest BCUT2D eigenvalue weighted by molar-refractivity contribution is -0.570. The van der Waals surface area contributed by atoms with Crippen molar-refractivity contribution in [2.24, 2.45) is 11.5 Å². The molecule has 0 atom stereocenters. The van der Waals surface area contributed by atoms with Gasteiger partial charge in [-0.05, 0) is 53.6 Å². The van der Waals surface area contributed by atoms with E-state index in [-0.39, 0.29) is 11.6 Å². The average molecular weight is 338 g/mol. The number of nitrogens with one attached hydrogen (secondary N) is 1. The van der Waals surface area contributed by atoms with Gasteiger partial charge >= 0.3 is 0 Å². The van der Waals surface area contributed by atoms with E-state index in [1.807, 2.05) is 5.32 Å². The van der Waals surface area contributed by atoms with Crippen LogP contribution in [0.15, 0.2) is 66.8 Å². The number of carbonyl (C=O) groups excluding carboxylic acids is 2. The molecule has 0 radical (unpaired) electrons. The molecule has 0 fully saturated rings. The summed E-state index contributed by atoms with van der Waals surface area (Å²) in [6.45, 7) is 0.423. The second-order valence-electron chi connectivity index (χ2n) is 5.09. The van der Waals surface area contributed by atoms with Crippen molar-refractivity contribution in [2.75, 3.05) is 6.67 Å². The number of hydrogen-bond acceptors (Lipinski definition) is 5. The Hall–Kier alpha value is -3.29. The van der Waals surface area contributed by atoms with Crippen LogP contribution >= 0.6 is 0 Å². The maximum Gasteiger partial charge on any atom is 0.255 e. The summed E-state index contributed by atoms with van der Waals surface area (Å²) in [5.74, 6) is -0.385. The third-order valence-electron chi connectivity index (χ3n) is 3.42. The molecule has 2 aromatic rings. The van der Waals surface area contributed by atoms with Gasteiger partial charge in [-0.2, -0.15) is 0 Å². The molecule has 1 aromatic carbocycles. The van der Waals surface area contributed by atoms with Crippen LogP contribution in [0.1, 0.15) is 15.9 Å². The molecule has 0 aliphatic rings. The number of nitrogens with two attached hydrogens (primary N) is 3. The van der Waals surface area contributed by atoms with Gasteiger partial charge in [0.15, 0.2) is 6.29 Å². The highest BCUT2D eigenvalue weighted by molar-refractivity contribution is 5.99. The van der Waals surface area contributed by atoms with Gasteiger partial charge in [0, 0.05) is 24.2 Å². The van der Waals surface area contributed by atoms with Crippen LogP contribution in [0.5, 0.6) is 0 Å². The van der Waals surface area contributed by atoms with E-state index in [0.717, 1.165) is 11.3 Å². The molecule has 0 spiro atoms. The molecule has 25 heavy (non-hydrogen) atoms. The molecule has 0 saturated heterocycles. The Morgan fingerprint density at radius 2 is 1.80 bits per heavy atom. The summed E-state index contributed by atoms with van der Waals surface area (Å²) in [5.41, 5.74) is 13.9. The van der Waals surface area contributed by atoms with Gasteiger partial charge in [0.1, 0.15) is 12.4 Å². The van der Waals surface area contributed by atoms with E-state index in [2.05, 4.69) is 10.3 Å². The zero-order valence-corrected chi connectivity index (χ0v) is 13.6. The molecular weight excluding hydrogens is 318 g/mol. The summed E-state index contributed by atoms with van der Waals surface area (Å²) >= 11 is 0. The smallest absolute Gasteiger partial charge is 0.255 e. The van der Waals surface area contributed by atoms with E-state index in [9.17, 15) is 9.59 Å². The molecule has 7 heteroatoms. The van der Waals surface area contributed by atoms with Crippen molar-refractivity contribution in [2.45, 2.75) is 0 Å². The van der Waals surface area contributed by atoms with Crippen molar-refractivity contribution in [1.82, 2.24) is 10.3 Å². The molecule has 128 valence electrons. The number of rotatable bonds is 7. The van der Waals surface area contributed by atoms with Crippen LogP contribution < -0.4 is 22.1 Å². The van der Waals surface area contributed by atoms with E-state index in [1.165, 1.54) is 12.3 Å². The molecule has 1 aromatic heterocycles. The predicted molar refractivity (Wildman–Crippen MR) is 95.1 cm³/mol. The lowest BCUT2D eigenvalue weighted by Crippen LogP contribution is -2.80. The maximum absolute atomic E-state index is 12.3. The molecular formula is C18H20N5O2+. The maximum atomic E-state index is 12.3. The monoisotopic (exact) mass is 338 g/mol. The summed E-state index contributed by atoms with van der Waals surface area (Å²) in [6, 6.07) is 10.4. The van der Waals surface area contributed by atoms with Crippen LogP contribution in [0.4, 0.5) is 5.69 Å². The first-order valence-corrected chi connectivity index (χ1v) is 7.61. The Morgan fingerprint density at radius 3 is 2.36 bits per heavy atom. The van der Waals surface area contributed by atoms with Crippen LogP contribution in [-0.2, 0) is 4.79 Å². The van der Waals surface area contributed by atoms with Crippen LogP contribution in [0.3, 0.4) is 0 Å².